The predicted octanol–water partition coefficient (Wildman–Crippen LogP) is 4.30. The average molecular weight is 436 g/mol. The van der Waals surface area contributed by atoms with Crippen LogP contribution < -0.4 is 10.2 Å². The number of carbonyl (C=O) groups is 1. The number of ether oxygens (including phenoxy) is 2. The largest absolute Gasteiger partial charge is 0.379 e. The van der Waals surface area contributed by atoms with Crippen LogP contribution in [0.3, 0.4) is 0 Å². The maximum atomic E-state index is 12.3. The van der Waals surface area contributed by atoms with E-state index >= 15 is 0 Å². The summed E-state index contributed by atoms with van der Waals surface area (Å²) >= 11 is 0. The molecule has 170 valence electrons. The number of nitriles is 1. The van der Waals surface area contributed by atoms with E-state index in [2.05, 4.69) is 41.4 Å². The van der Waals surface area contributed by atoms with Gasteiger partial charge >= 0.3 is 0 Å². The van der Waals surface area contributed by atoms with Crippen molar-refractivity contribution >= 4 is 28.4 Å². The Labute approximate surface area is 190 Å². The number of nitrogens with one attached hydrogen (secondary N) is 1. The van der Waals surface area contributed by atoms with Crippen molar-refractivity contribution in [3.63, 3.8) is 0 Å². The Balaban J connectivity index is 1.55. The number of hydrogen-bond acceptors (Lipinski definition) is 5. The van der Waals surface area contributed by atoms with Crippen LogP contribution in [0.5, 0.6) is 0 Å². The molecule has 0 bridgehead atoms. The first-order valence-electron chi connectivity index (χ1n) is 11.6. The van der Waals surface area contributed by atoms with Crippen LogP contribution in [0, 0.1) is 11.3 Å². The van der Waals surface area contributed by atoms with Crippen LogP contribution in [0.25, 0.3) is 16.8 Å². The zero-order valence-corrected chi connectivity index (χ0v) is 18.9. The molecular formula is C26H33N3O3. The number of rotatable bonds is 11. The smallest absolute Gasteiger partial charge is 0.262 e. The highest BCUT2D eigenvalue weighted by atomic mass is 16.5. The fourth-order valence-corrected chi connectivity index (χ4v) is 3.80. The van der Waals surface area contributed by atoms with Crippen molar-refractivity contribution in [2.75, 3.05) is 51.0 Å². The number of anilines is 1. The molecule has 1 heterocycles. The van der Waals surface area contributed by atoms with Gasteiger partial charge < -0.3 is 19.7 Å². The highest BCUT2D eigenvalue weighted by Gasteiger charge is 2.12. The Morgan fingerprint density at radius 3 is 2.50 bits per heavy atom. The number of piperidine rings is 1. The van der Waals surface area contributed by atoms with Crippen LogP contribution in [-0.2, 0) is 14.3 Å². The Bertz CT molecular complexity index is 958. The first kappa shape index (κ1) is 23.8. The van der Waals surface area contributed by atoms with Gasteiger partial charge in [0.25, 0.3) is 5.91 Å². The number of amides is 1. The number of benzene rings is 2. The topological polar surface area (TPSA) is 74.6 Å². The van der Waals surface area contributed by atoms with Gasteiger partial charge in [-0.05, 0) is 66.3 Å². The van der Waals surface area contributed by atoms with Crippen LogP contribution in [0.15, 0.2) is 42.0 Å². The second-order valence-corrected chi connectivity index (χ2v) is 7.99. The normalized spacial score (nSPS) is 14.4. The molecule has 1 aliphatic heterocycles. The van der Waals surface area contributed by atoms with Gasteiger partial charge in [0.15, 0.2) is 0 Å². The minimum Gasteiger partial charge on any atom is -0.379 e. The standard InChI is InChI=1S/C26H33N3O3/c1-2-13-31-15-16-32-14-10-28-26(30)24(20-27)18-21-6-7-23-19-25(9-8-22(23)17-21)29-11-4-3-5-12-29/h6-9,17-19H,2-5,10-16H2,1H3,(H,28,30)/b24-18+. The summed E-state index contributed by atoms with van der Waals surface area (Å²) in [4.78, 5) is 14.8. The number of carbonyl (C=O) groups excluding carboxylic acids is 1. The van der Waals surface area contributed by atoms with Gasteiger partial charge in [-0.2, -0.15) is 5.26 Å². The minimum atomic E-state index is -0.390. The highest BCUT2D eigenvalue weighted by Crippen LogP contribution is 2.26. The third-order valence-corrected chi connectivity index (χ3v) is 5.50. The fraction of sp³-hybridized carbons (Fsp3) is 0.462. The van der Waals surface area contributed by atoms with Crippen LogP contribution in [0.4, 0.5) is 5.69 Å². The summed E-state index contributed by atoms with van der Waals surface area (Å²) in [6, 6.07) is 14.5. The molecule has 1 saturated heterocycles. The molecule has 0 spiro atoms. The molecule has 0 aliphatic carbocycles. The SMILES string of the molecule is CCCOCCOCCNC(=O)/C(C#N)=C/c1ccc2cc(N3CCCCC3)ccc2c1. The summed E-state index contributed by atoms with van der Waals surface area (Å²) in [6.45, 7) is 6.79. The van der Waals surface area contributed by atoms with Crippen LogP contribution in [0.2, 0.25) is 0 Å². The molecule has 6 nitrogen and oxygen atoms in total. The lowest BCUT2D eigenvalue weighted by Gasteiger charge is -2.29. The molecule has 1 amide bonds. The fourth-order valence-electron chi connectivity index (χ4n) is 3.80. The molecule has 1 aliphatic rings. The number of fused-ring (bicyclic) bond motifs is 1. The molecular weight excluding hydrogens is 402 g/mol. The molecule has 0 unspecified atom stereocenters. The lowest BCUT2D eigenvalue weighted by molar-refractivity contribution is -0.117. The lowest BCUT2D eigenvalue weighted by atomic mass is 10.0. The summed E-state index contributed by atoms with van der Waals surface area (Å²) < 4.78 is 10.8. The third-order valence-electron chi connectivity index (χ3n) is 5.50. The summed E-state index contributed by atoms with van der Waals surface area (Å²) in [7, 11) is 0. The molecule has 0 radical (unpaired) electrons. The van der Waals surface area contributed by atoms with Crippen molar-refractivity contribution in [2.45, 2.75) is 32.6 Å². The lowest BCUT2D eigenvalue weighted by Crippen LogP contribution is -2.29. The van der Waals surface area contributed by atoms with Crippen LogP contribution in [0.1, 0.15) is 38.2 Å². The van der Waals surface area contributed by atoms with E-state index in [-0.39, 0.29) is 11.5 Å². The van der Waals surface area contributed by atoms with Crippen LogP contribution in [-0.4, -0.2) is 52.0 Å². The Morgan fingerprint density at radius 2 is 1.75 bits per heavy atom. The van der Waals surface area contributed by atoms with E-state index in [0.29, 0.717) is 26.4 Å². The first-order chi connectivity index (χ1) is 15.7. The van der Waals surface area contributed by atoms with E-state index in [9.17, 15) is 10.1 Å². The van der Waals surface area contributed by atoms with E-state index in [1.165, 1.54) is 24.9 Å². The van der Waals surface area contributed by atoms with E-state index in [1.54, 1.807) is 6.08 Å². The van der Waals surface area contributed by atoms with Gasteiger partial charge in [0.2, 0.25) is 0 Å². The van der Waals surface area contributed by atoms with E-state index in [1.807, 2.05) is 18.2 Å². The van der Waals surface area contributed by atoms with Crippen molar-refractivity contribution in [1.82, 2.24) is 5.32 Å². The van der Waals surface area contributed by atoms with E-state index in [4.69, 9.17) is 9.47 Å². The molecule has 3 rings (SSSR count). The van der Waals surface area contributed by atoms with Crippen LogP contribution >= 0.6 is 0 Å². The Morgan fingerprint density at radius 1 is 1.03 bits per heavy atom. The molecule has 6 heteroatoms. The van der Waals surface area contributed by atoms with Crippen molar-refractivity contribution in [2.24, 2.45) is 0 Å². The maximum Gasteiger partial charge on any atom is 0.262 e. The second kappa shape index (κ2) is 12.8. The monoisotopic (exact) mass is 435 g/mol. The zero-order valence-electron chi connectivity index (χ0n) is 18.9. The summed E-state index contributed by atoms with van der Waals surface area (Å²) in [5.74, 6) is -0.390. The van der Waals surface area contributed by atoms with Gasteiger partial charge in [-0.15, -0.1) is 0 Å². The Kier molecular flexibility index (Phi) is 9.55. The molecule has 1 fully saturated rings. The maximum absolute atomic E-state index is 12.3. The van der Waals surface area contributed by atoms with Crippen molar-refractivity contribution in [3.05, 3.63) is 47.5 Å². The molecule has 1 N–H and O–H groups in total. The first-order valence-corrected chi connectivity index (χ1v) is 11.6. The molecule has 2 aromatic rings. The molecule has 32 heavy (non-hydrogen) atoms. The molecule has 0 saturated carbocycles. The third kappa shape index (κ3) is 7.08. The van der Waals surface area contributed by atoms with Gasteiger partial charge in [0, 0.05) is 31.9 Å². The molecule has 0 aromatic heterocycles. The van der Waals surface area contributed by atoms with Crippen molar-refractivity contribution in [3.8, 4) is 6.07 Å². The quantitative estimate of drug-likeness (QED) is 0.324. The average Bonchev–Trinajstić information content (AvgIpc) is 2.84. The van der Waals surface area contributed by atoms with Gasteiger partial charge in [0.05, 0.1) is 19.8 Å². The van der Waals surface area contributed by atoms with E-state index < -0.39 is 0 Å². The van der Waals surface area contributed by atoms with E-state index in [0.717, 1.165) is 42.5 Å². The molecule has 2 aromatic carbocycles. The van der Waals surface area contributed by atoms with Gasteiger partial charge in [-0.1, -0.05) is 25.1 Å². The highest BCUT2D eigenvalue weighted by molar-refractivity contribution is 6.02. The number of nitrogens with zero attached hydrogens (tertiary/aromatic N) is 2. The summed E-state index contributed by atoms with van der Waals surface area (Å²) in [6.07, 6.45) is 6.43. The summed E-state index contributed by atoms with van der Waals surface area (Å²) in [5, 5.41) is 14.4. The molecule has 0 atom stereocenters. The van der Waals surface area contributed by atoms with Gasteiger partial charge in [-0.3, -0.25) is 4.79 Å². The summed E-state index contributed by atoms with van der Waals surface area (Å²) in [5.41, 5.74) is 2.18. The second-order valence-electron chi connectivity index (χ2n) is 7.99. The van der Waals surface area contributed by atoms with Crippen molar-refractivity contribution in [1.29, 1.82) is 5.26 Å². The van der Waals surface area contributed by atoms with Crippen molar-refractivity contribution < 1.29 is 14.3 Å². The predicted molar refractivity (Wildman–Crippen MR) is 129 cm³/mol. The number of hydrogen-bond donors (Lipinski definition) is 1. The van der Waals surface area contributed by atoms with Gasteiger partial charge in [0.1, 0.15) is 11.6 Å². The Hall–Kier alpha value is -2.88. The van der Waals surface area contributed by atoms with Gasteiger partial charge in [-0.25, -0.2) is 0 Å². The zero-order chi connectivity index (χ0) is 22.6. The minimum absolute atomic E-state index is 0.0839.